The van der Waals surface area contributed by atoms with Crippen LogP contribution in [0.4, 0.5) is 5.69 Å². The molecule has 0 saturated heterocycles. The van der Waals surface area contributed by atoms with Crippen molar-refractivity contribution in [1.29, 1.82) is 0 Å². The molecule has 0 radical (unpaired) electrons. The molecule has 2 N–H and O–H groups in total. The largest absolute Gasteiger partial charge is 0.322 e. The summed E-state index contributed by atoms with van der Waals surface area (Å²) >= 11 is 0. The van der Waals surface area contributed by atoms with Crippen LogP contribution in [0.2, 0.25) is 0 Å². The lowest BCUT2D eigenvalue weighted by Crippen LogP contribution is -2.30. The molecule has 3 rings (SSSR count). The Morgan fingerprint density at radius 1 is 0.967 bits per heavy atom. The van der Waals surface area contributed by atoms with Gasteiger partial charge in [0, 0.05) is 29.1 Å². The Morgan fingerprint density at radius 2 is 1.77 bits per heavy atom. The molecule has 1 aromatic heterocycles. The minimum Gasteiger partial charge on any atom is -0.322 e. The molecule has 0 unspecified atom stereocenters. The van der Waals surface area contributed by atoms with Crippen LogP contribution in [0, 0.1) is 11.8 Å². The third-order valence-electron chi connectivity index (χ3n) is 3.92. The third-order valence-corrected chi connectivity index (χ3v) is 5.57. The molecule has 1 heterocycles. The van der Waals surface area contributed by atoms with Crippen molar-refractivity contribution < 1.29 is 13.2 Å². The van der Waals surface area contributed by atoms with Crippen molar-refractivity contribution in [2.75, 3.05) is 5.32 Å². The van der Waals surface area contributed by atoms with Crippen LogP contribution >= 0.6 is 0 Å². The minimum atomic E-state index is -3.68. The van der Waals surface area contributed by atoms with E-state index in [2.05, 4.69) is 26.9 Å². The first-order chi connectivity index (χ1) is 14.3. The van der Waals surface area contributed by atoms with Crippen LogP contribution in [0.5, 0.6) is 0 Å². The highest BCUT2D eigenvalue weighted by molar-refractivity contribution is 7.89. The number of hydrogen-bond acceptors (Lipinski definition) is 4. The highest BCUT2D eigenvalue weighted by Gasteiger charge is 2.17. The van der Waals surface area contributed by atoms with E-state index < -0.39 is 15.9 Å². The molecule has 3 aromatic rings. The smallest absolute Gasteiger partial charge is 0.255 e. The van der Waals surface area contributed by atoms with Gasteiger partial charge >= 0.3 is 0 Å². The first kappa shape index (κ1) is 21.2. The summed E-state index contributed by atoms with van der Waals surface area (Å²) in [6.45, 7) is 3.47. The summed E-state index contributed by atoms with van der Waals surface area (Å²) in [5, 5.41) is 2.78. The first-order valence-electron chi connectivity index (χ1n) is 9.30. The zero-order chi connectivity index (χ0) is 21.6. The highest BCUT2D eigenvalue weighted by Crippen LogP contribution is 2.15. The number of sulfonamides is 1. The summed E-state index contributed by atoms with van der Waals surface area (Å²) in [5.74, 6) is 5.56. The van der Waals surface area contributed by atoms with Crippen molar-refractivity contribution in [3.8, 4) is 11.8 Å². The van der Waals surface area contributed by atoms with E-state index >= 15 is 0 Å². The summed E-state index contributed by atoms with van der Waals surface area (Å²) in [5.41, 5.74) is 2.17. The maximum absolute atomic E-state index is 12.6. The monoisotopic (exact) mass is 419 g/mol. The van der Waals surface area contributed by atoms with Gasteiger partial charge in [-0.05, 0) is 68.3 Å². The fourth-order valence-corrected chi connectivity index (χ4v) is 3.93. The lowest BCUT2D eigenvalue weighted by atomic mass is 10.1. The van der Waals surface area contributed by atoms with Crippen LogP contribution in [0.25, 0.3) is 0 Å². The van der Waals surface area contributed by atoms with Gasteiger partial charge in [0.2, 0.25) is 10.0 Å². The van der Waals surface area contributed by atoms with Gasteiger partial charge in [0.1, 0.15) is 5.69 Å². The normalized spacial score (nSPS) is 10.9. The van der Waals surface area contributed by atoms with Crippen molar-refractivity contribution in [2.45, 2.75) is 24.8 Å². The standard InChI is InChI=1S/C23H21N3O3S/c1-17(2)26-30(28,29)22-11-6-8-19(16-22)23(27)25-21-10-5-7-18(15-21)12-13-20-9-3-4-14-24-20/h3-11,14-17,26H,1-2H3,(H,25,27). The van der Waals surface area contributed by atoms with Crippen LogP contribution < -0.4 is 10.0 Å². The molecule has 2 aromatic carbocycles. The second-order valence-corrected chi connectivity index (χ2v) is 8.52. The molecule has 0 atom stereocenters. The number of anilines is 1. The molecule has 0 aliphatic rings. The van der Waals surface area contributed by atoms with Gasteiger partial charge in [0.15, 0.2) is 0 Å². The number of rotatable bonds is 5. The van der Waals surface area contributed by atoms with E-state index in [4.69, 9.17) is 0 Å². The van der Waals surface area contributed by atoms with Crippen LogP contribution in [0.15, 0.2) is 77.8 Å². The average molecular weight is 420 g/mol. The second-order valence-electron chi connectivity index (χ2n) is 6.80. The molecule has 7 heteroatoms. The predicted octanol–water partition coefficient (Wildman–Crippen LogP) is 3.42. The zero-order valence-electron chi connectivity index (χ0n) is 16.6. The van der Waals surface area contributed by atoms with Crippen LogP contribution in [-0.2, 0) is 10.0 Å². The molecule has 152 valence electrons. The van der Waals surface area contributed by atoms with Crippen molar-refractivity contribution in [3.05, 3.63) is 89.7 Å². The Balaban J connectivity index is 1.77. The molecule has 0 fully saturated rings. The van der Waals surface area contributed by atoms with E-state index in [1.54, 1.807) is 50.4 Å². The van der Waals surface area contributed by atoms with Crippen LogP contribution in [0.3, 0.4) is 0 Å². The summed E-state index contributed by atoms with van der Waals surface area (Å²) in [6, 6.07) is 18.3. The first-order valence-corrected chi connectivity index (χ1v) is 10.8. The fourth-order valence-electron chi connectivity index (χ4n) is 2.63. The number of aromatic nitrogens is 1. The highest BCUT2D eigenvalue weighted by atomic mass is 32.2. The quantitative estimate of drug-likeness (QED) is 0.620. The third kappa shape index (κ3) is 5.77. The lowest BCUT2D eigenvalue weighted by molar-refractivity contribution is 0.102. The van der Waals surface area contributed by atoms with Gasteiger partial charge in [0.25, 0.3) is 5.91 Å². The molecule has 0 aliphatic heterocycles. The van der Waals surface area contributed by atoms with Crippen molar-refractivity contribution >= 4 is 21.6 Å². The number of carbonyl (C=O) groups excluding carboxylic acids is 1. The number of pyridine rings is 1. The molecular formula is C23H21N3O3S. The Morgan fingerprint density at radius 3 is 2.50 bits per heavy atom. The van der Waals surface area contributed by atoms with Crippen molar-refractivity contribution in [2.24, 2.45) is 0 Å². The lowest BCUT2D eigenvalue weighted by Gasteiger charge is -2.11. The number of nitrogens with zero attached hydrogens (tertiary/aromatic N) is 1. The number of amides is 1. The summed E-state index contributed by atoms with van der Waals surface area (Å²) in [4.78, 5) is 16.8. The molecule has 30 heavy (non-hydrogen) atoms. The van der Waals surface area contributed by atoms with Gasteiger partial charge in [-0.25, -0.2) is 18.1 Å². The summed E-state index contributed by atoms with van der Waals surface area (Å²) < 4.78 is 27.2. The SMILES string of the molecule is CC(C)NS(=O)(=O)c1cccc(C(=O)Nc2cccc(C#Cc3ccccn3)c2)c1. The molecule has 6 nitrogen and oxygen atoms in total. The van der Waals surface area contributed by atoms with E-state index in [-0.39, 0.29) is 16.5 Å². The van der Waals surface area contributed by atoms with Gasteiger partial charge in [-0.2, -0.15) is 0 Å². The molecule has 0 aliphatic carbocycles. The van der Waals surface area contributed by atoms with Gasteiger partial charge in [-0.15, -0.1) is 0 Å². The Kier molecular flexibility index (Phi) is 6.62. The van der Waals surface area contributed by atoms with E-state index in [0.717, 1.165) is 5.56 Å². The molecule has 0 saturated carbocycles. The van der Waals surface area contributed by atoms with Crippen molar-refractivity contribution in [3.63, 3.8) is 0 Å². The van der Waals surface area contributed by atoms with Crippen LogP contribution in [0.1, 0.15) is 35.5 Å². The van der Waals surface area contributed by atoms with Gasteiger partial charge in [-0.1, -0.05) is 24.1 Å². The molecule has 1 amide bonds. The van der Waals surface area contributed by atoms with Gasteiger partial charge in [0.05, 0.1) is 4.90 Å². The zero-order valence-corrected chi connectivity index (χ0v) is 17.4. The fraction of sp³-hybridized carbons (Fsp3) is 0.130. The molecular weight excluding hydrogens is 398 g/mol. The Hall–Kier alpha value is -3.47. The van der Waals surface area contributed by atoms with E-state index in [1.165, 1.54) is 12.1 Å². The molecule has 0 spiro atoms. The number of hydrogen-bond donors (Lipinski definition) is 2. The Labute approximate surface area is 176 Å². The molecule has 0 bridgehead atoms. The topological polar surface area (TPSA) is 88.2 Å². The number of benzene rings is 2. The number of carbonyl (C=O) groups is 1. The van der Waals surface area contributed by atoms with E-state index in [0.29, 0.717) is 11.4 Å². The predicted molar refractivity (Wildman–Crippen MR) is 117 cm³/mol. The average Bonchev–Trinajstić information content (AvgIpc) is 2.72. The maximum atomic E-state index is 12.6. The van der Waals surface area contributed by atoms with Crippen LogP contribution in [-0.4, -0.2) is 25.4 Å². The van der Waals surface area contributed by atoms with Gasteiger partial charge < -0.3 is 5.32 Å². The minimum absolute atomic E-state index is 0.0406. The summed E-state index contributed by atoms with van der Waals surface area (Å²) in [6.07, 6.45) is 1.67. The Bertz CT molecular complexity index is 1210. The maximum Gasteiger partial charge on any atom is 0.255 e. The second kappa shape index (κ2) is 9.35. The van der Waals surface area contributed by atoms with E-state index in [1.807, 2.05) is 24.3 Å². The van der Waals surface area contributed by atoms with E-state index in [9.17, 15) is 13.2 Å². The summed E-state index contributed by atoms with van der Waals surface area (Å²) in [7, 11) is -3.68. The number of nitrogens with one attached hydrogen (secondary N) is 2. The van der Waals surface area contributed by atoms with Gasteiger partial charge in [-0.3, -0.25) is 4.79 Å². The van der Waals surface area contributed by atoms with Crippen molar-refractivity contribution in [1.82, 2.24) is 9.71 Å².